The van der Waals surface area contributed by atoms with Gasteiger partial charge in [0.15, 0.2) is 0 Å². The molecule has 1 saturated carbocycles. The highest BCUT2D eigenvalue weighted by Crippen LogP contribution is 2.30. The molecule has 1 aliphatic carbocycles. The Bertz CT molecular complexity index is 337. The lowest BCUT2D eigenvalue weighted by molar-refractivity contribution is -0.118. The second kappa shape index (κ2) is 4.61. The number of ketones is 1. The molecule has 0 bridgehead atoms. The Hall–Kier alpha value is -1.11. The van der Waals surface area contributed by atoms with Gasteiger partial charge in [0.2, 0.25) is 0 Å². The summed E-state index contributed by atoms with van der Waals surface area (Å²) in [5, 5.41) is 0. The molecule has 1 aromatic rings. The van der Waals surface area contributed by atoms with E-state index in [-0.39, 0.29) is 0 Å². The van der Waals surface area contributed by atoms with Crippen molar-refractivity contribution >= 4 is 5.78 Å². The number of Topliss-reactive ketones (excluding diaryl/α,β-unsaturated/α-hetero) is 1. The van der Waals surface area contributed by atoms with E-state index in [1.165, 1.54) is 17.5 Å². The Morgan fingerprint density at radius 3 is 2.53 bits per heavy atom. The summed E-state index contributed by atoms with van der Waals surface area (Å²) >= 11 is 0. The van der Waals surface area contributed by atoms with Gasteiger partial charge in [-0.1, -0.05) is 29.8 Å². The molecule has 0 saturated heterocycles. The van der Waals surface area contributed by atoms with Gasteiger partial charge < -0.3 is 0 Å². The first kappa shape index (κ1) is 10.4. The first-order valence-electron chi connectivity index (χ1n) is 5.84. The van der Waals surface area contributed by atoms with Crippen molar-refractivity contribution < 1.29 is 4.79 Å². The molecule has 0 aromatic heterocycles. The molecule has 0 radical (unpaired) electrons. The van der Waals surface area contributed by atoms with Gasteiger partial charge in [-0.05, 0) is 37.7 Å². The van der Waals surface area contributed by atoms with Crippen LogP contribution in [0.1, 0.15) is 49.1 Å². The zero-order valence-corrected chi connectivity index (χ0v) is 9.33. The van der Waals surface area contributed by atoms with Crippen molar-refractivity contribution in [3.63, 3.8) is 0 Å². The van der Waals surface area contributed by atoms with Crippen LogP contribution in [0.3, 0.4) is 0 Å². The molecule has 1 atom stereocenters. The molecular weight excluding hydrogens is 184 g/mol. The average Bonchev–Trinajstić information content (AvgIpc) is 2.44. The first-order valence-corrected chi connectivity index (χ1v) is 5.84. The predicted octanol–water partition coefficient (Wildman–Crippen LogP) is 3.61. The highest BCUT2D eigenvalue weighted by molar-refractivity contribution is 5.78. The van der Waals surface area contributed by atoms with Crippen LogP contribution in [-0.2, 0) is 4.79 Å². The van der Waals surface area contributed by atoms with E-state index >= 15 is 0 Å². The molecule has 1 fully saturated rings. The molecule has 0 amide bonds. The number of aryl methyl sites for hydroxylation is 1. The molecule has 0 heterocycles. The monoisotopic (exact) mass is 202 g/mol. The molecule has 1 nitrogen and oxygen atoms in total. The molecule has 0 aliphatic heterocycles. The molecule has 0 spiro atoms. The van der Waals surface area contributed by atoms with Crippen LogP contribution >= 0.6 is 0 Å². The minimum absolute atomic E-state index is 0.449. The lowest BCUT2D eigenvalue weighted by Gasteiger charge is -2.13. The van der Waals surface area contributed by atoms with Crippen LogP contribution in [0.5, 0.6) is 0 Å². The van der Waals surface area contributed by atoms with Gasteiger partial charge in [-0.2, -0.15) is 0 Å². The van der Waals surface area contributed by atoms with Crippen molar-refractivity contribution in [2.75, 3.05) is 0 Å². The van der Waals surface area contributed by atoms with Gasteiger partial charge in [-0.25, -0.2) is 0 Å². The van der Waals surface area contributed by atoms with Gasteiger partial charge in [-0.15, -0.1) is 0 Å². The molecule has 1 aliphatic rings. The minimum atomic E-state index is 0.449. The summed E-state index contributed by atoms with van der Waals surface area (Å²) < 4.78 is 0. The van der Waals surface area contributed by atoms with Crippen molar-refractivity contribution in [3.05, 3.63) is 35.4 Å². The smallest absolute Gasteiger partial charge is 0.132 e. The molecule has 1 aromatic carbocycles. The highest BCUT2D eigenvalue weighted by atomic mass is 16.1. The lowest BCUT2D eigenvalue weighted by atomic mass is 9.91. The predicted molar refractivity (Wildman–Crippen MR) is 62.0 cm³/mol. The number of hydrogen-bond acceptors (Lipinski definition) is 1. The van der Waals surface area contributed by atoms with E-state index in [1.54, 1.807) is 0 Å². The fraction of sp³-hybridized carbons (Fsp3) is 0.500. The summed E-state index contributed by atoms with van der Waals surface area (Å²) in [7, 11) is 0. The van der Waals surface area contributed by atoms with E-state index in [4.69, 9.17) is 0 Å². The zero-order chi connectivity index (χ0) is 10.7. The van der Waals surface area contributed by atoms with E-state index in [9.17, 15) is 4.79 Å². The van der Waals surface area contributed by atoms with E-state index in [2.05, 4.69) is 31.2 Å². The van der Waals surface area contributed by atoms with Gasteiger partial charge in [0.25, 0.3) is 0 Å². The molecular formula is C14H18O. The van der Waals surface area contributed by atoms with E-state index in [0.29, 0.717) is 11.7 Å². The Balaban J connectivity index is 2.09. The number of carbonyl (C=O) groups is 1. The summed E-state index contributed by atoms with van der Waals surface area (Å²) in [6.45, 7) is 2.11. The van der Waals surface area contributed by atoms with E-state index in [1.807, 2.05) is 0 Å². The molecule has 0 unspecified atom stereocenters. The summed E-state index contributed by atoms with van der Waals surface area (Å²) in [4.78, 5) is 11.3. The maximum Gasteiger partial charge on any atom is 0.132 e. The van der Waals surface area contributed by atoms with Crippen molar-refractivity contribution in [2.45, 2.75) is 44.9 Å². The second-order valence-electron chi connectivity index (χ2n) is 4.58. The average molecular weight is 202 g/mol. The van der Waals surface area contributed by atoms with Gasteiger partial charge >= 0.3 is 0 Å². The lowest BCUT2D eigenvalue weighted by Crippen LogP contribution is -1.98. The van der Waals surface area contributed by atoms with Crippen LogP contribution in [0.25, 0.3) is 0 Å². The normalized spacial score (nSPS) is 22.5. The maximum absolute atomic E-state index is 11.3. The van der Waals surface area contributed by atoms with Crippen LogP contribution in [0.15, 0.2) is 24.3 Å². The van der Waals surface area contributed by atoms with Gasteiger partial charge in [0.1, 0.15) is 5.78 Å². The Morgan fingerprint density at radius 1 is 1.07 bits per heavy atom. The summed E-state index contributed by atoms with van der Waals surface area (Å²) in [6, 6.07) is 8.77. The van der Waals surface area contributed by atoms with E-state index in [0.717, 1.165) is 25.7 Å². The number of benzene rings is 1. The summed E-state index contributed by atoms with van der Waals surface area (Å²) in [5.74, 6) is 1.06. The van der Waals surface area contributed by atoms with Crippen molar-refractivity contribution in [3.8, 4) is 0 Å². The molecule has 15 heavy (non-hydrogen) atoms. The Kier molecular flexibility index (Phi) is 3.20. The van der Waals surface area contributed by atoms with Gasteiger partial charge in [-0.3, -0.25) is 4.79 Å². The van der Waals surface area contributed by atoms with Crippen molar-refractivity contribution in [2.24, 2.45) is 0 Å². The minimum Gasteiger partial charge on any atom is -0.300 e. The molecule has 0 N–H and O–H groups in total. The Labute approximate surface area is 91.5 Å². The fourth-order valence-electron chi connectivity index (χ4n) is 2.32. The quantitative estimate of drug-likeness (QED) is 0.636. The highest BCUT2D eigenvalue weighted by Gasteiger charge is 2.17. The van der Waals surface area contributed by atoms with Gasteiger partial charge in [0.05, 0.1) is 0 Å². The first-order chi connectivity index (χ1) is 7.25. The van der Waals surface area contributed by atoms with E-state index < -0.39 is 0 Å². The topological polar surface area (TPSA) is 17.1 Å². The summed E-state index contributed by atoms with van der Waals surface area (Å²) in [6.07, 6.45) is 4.86. The third kappa shape index (κ3) is 2.68. The van der Waals surface area contributed by atoms with Crippen molar-refractivity contribution in [1.29, 1.82) is 0 Å². The SMILES string of the molecule is Cc1ccc([C@H]2CCCC(=O)CC2)cc1. The fourth-order valence-corrected chi connectivity index (χ4v) is 2.32. The van der Waals surface area contributed by atoms with Crippen molar-refractivity contribution in [1.82, 2.24) is 0 Å². The molecule has 1 heteroatoms. The number of hydrogen-bond donors (Lipinski definition) is 0. The summed E-state index contributed by atoms with van der Waals surface area (Å²) in [5.41, 5.74) is 2.72. The van der Waals surface area contributed by atoms with Crippen LogP contribution < -0.4 is 0 Å². The molecule has 2 rings (SSSR count). The van der Waals surface area contributed by atoms with Gasteiger partial charge in [0, 0.05) is 12.8 Å². The standard InChI is InChI=1S/C14H18O/c1-11-5-7-13(8-6-11)12-3-2-4-14(15)10-9-12/h5-8,12H,2-4,9-10H2,1H3/t12-/m0/s1. The zero-order valence-electron chi connectivity index (χ0n) is 9.33. The maximum atomic E-state index is 11.3. The van der Waals surface area contributed by atoms with Crippen LogP contribution in [-0.4, -0.2) is 5.78 Å². The number of carbonyl (C=O) groups excluding carboxylic acids is 1. The van der Waals surface area contributed by atoms with Crippen LogP contribution in [0.2, 0.25) is 0 Å². The third-order valence-electron chi connectivity index (χ3n) is 3.33. The molecule has 80 valence electrons. The Morgan fingerprint density at radius 2 is 1.80 bits per heavy atom. The largest absolute Gasteiger partial charge is 0.300 e. The second-order valence-corrected chi connectivity index (χ2v) is 4.58. The van der Waals surface area contributed by atoms with Crippen LogP contribution in [0, 0.1) is 6.92 Å². The third-order valence-corrected chi connectivity index (χ3v) is 3.33. The van der Waals surface area contributed by atoms with Crippen LogP contribution in [0.4, 0.5) is 0 Å². The number of rotatable bonds is 1.